The second-order valence-electron chi connectivity index (χ2n) is 4.97. The number of methoxy groups -OCH3 is 3. The molecule has 1 rings (SSSR count). The van der Waals surface area contributed by atoms with E-state index in [2.05, 4.69) is 13.8 Å². The van der Waals surface area contributed by atoms with E-state index in [1.54, 1.807) is 21.3 Å². The van der Waals surface area contributed by atoms with E-state index in [9.17, 15) is 0 Å². The Morgan fingerprint density at radius 2 is 1.40 bits per heavy atom. The summed E-state index contributed by atoms with van der Waals surface area (Å²) in [6.45, 7) is 4.40. The summed E-state index contributed by atoms with van der Waals surface area (Å²) in [5.74, 6) is 2.72. The molecule has 0 amide bonds. The molecule has 20 heavy (non-hydrogen) atoms. The Balaban J connectivity index is 3.08. The van der Waals surface area contributed by atoms with Crippen LogP contribution in [0.3, 0.4) is 0 Å². The summed E-state index contributed by atoms with van der Waals surface area (Å²) in [4.78, 5) is 0. The first-order chi connectivity index (χ1) is 9.60. The van der Waals surface area contributed by atoms with Crippen molar-refractivity contribution in [2.45, 2.75) is 39.2 Å². The zero-order valence-corrected chi connectivity index (χ0v) is 13.2. The van der Waals surface area contributed by atoms with Gasteiger partial charge in [0.1, 0.15) is 5.75 Å². The maximum Gasteiger partial charge on any atom is 0.164 e. The number of ether oxygens (including phenoxy) is 3. The van der Waals surface area contributed by atoms with Crippen LogP contribution in [0.4, 0.5) is 0 Å². The van der Waals surface area contributed by atoms with Gasteiger partial charge < -0.3 is 19.9 Å². The average molecular weight is 281 g/mol. The van der Waals surface area contributed by atoms with Crippen molar-refractivity contribution >= 4 is 0 Å². The molecule has 0 aliphatic heterocycles. The molecular formula is C16H27NO3. The van der Waals surface area contributed by atoms with Crippen molar-refractivity contribution in [3.8, 4) is 17.2 Å². The highest BCUT2D eigenvalue weighted by molar-refractivity contribution is 5.51. The van der Waals surface area contributed by atoms with E-state index in [0.717, 1.165) is 30.6 Å². The van der Waals surface area contributed by atoms with E-state index in [4.69, 9.17) is 19.9 Å². The van der Waals surface area contributed by atoms with Gasteiger partial charge in [0, 0.05) is 17.7 Å². The van der Waals surface area contributed by atoms with E-state index in [-0.39, 0.29) is 6.04 Å². The normalized spacial score (nSPS) is 12.3. The van der Waals surface area contributed by atoms with Crippen molar-refractivity contribution in [1.29, 1.82) is 0 Å². The summed E-state index contributed by atoms with van der Waals surface area (Å²) >= 11 is 0. The lowest BCUT2D eigenvalue weighted by atomic mass is 9.91. The van der Waals surface area contributed by atoms with E-state index < -0.39 is 0 Å². The van der Waals surface area contributed by atoms with Crippen LogP contribution in [0.1, 0.15) is 44.7 Å². The smallest absolute Gasteiger partial charge is 0.164 e. The molecule has 0 aliphatic rings. The van der Waals surface area contributed by atoms with Crippen molar-refractivity contribution < 1.29 is 14.2 Å². The van der Waals surface area contributed by atoms with E-state index in [1.165, 1.54) is 0 Å². The molecule has 4 nitrogen and oxygen atoms in total. The molecule has 0 heterocycles. The van der Waals surface area contributed by atoms with Crippen molar-refractivity contribution in [2.24, 2.45) is 11.7 Å². The lowest BCUT2D eigenvalue weighted by molar-refractivity contribution is 0.343. The molecule has 0 aliphatic carbocycles. The molecule has 1 aromatic carbocycles. The Morgan fingerprint density at radius 1 is 0.900 bits per heavy atom. The van der Waals surface area contributed by atoms with Gasteiger partial charge in [-0.3, -0.25) is 0 Å². The van der Waals surface area contributed by atoms with Gasteiger partial charge in [0.15, 0.2) is 11.5 Å². The van der Waals surface area contributed by atoms with Gasteiger partial charge in [-0.15, -0.1) is 0 Å². The van der Waals surface area contributed by atoms with Crippen LogP contribution in [0.15, 0.2) is 12.1 Å². The third-order valence-corrected chi connectivity index (χ3v) is 3.88. The van der Waals surface area contributed by atoms with Crippen LogP contribution in [-0.2, 0) is 0 Å². The zero-order valence-electron chi connectivity index (χ0n) is 13.2. The molecule has 0 saturated heterocycles. The molecule has 0 spiro atoms. The van der Waals surface area contributed by atoms with Crippen LogP contribution in [0, 0.1) is 5.92 Å². The minimum Gasteiger partial charge on any atom is -0.496 e. The molecule has 114 valence electrons. The first-order valence-electron chi connectivity index (χ1n) is 7.16. The number of hydrogen-bond donors (Lipinski definition) is 1. The van der Waals surface area contributed by atoms with Gasteiger partial charge >= 0.3 is 0 Å². The summed E-state index contributed by atoms with van der Waals surface area (Å²) in [5.41, 5.74) is 7.33. The number of nitrogens with two attached hydrogens (primary N) is 1. The zero-order chi connectivity index (χ0) is 15.1. The topological polar surface area (TPSA) is 53.7 Å². The van der Waals surface area contributed by atoms with Gasteiger partial charge in [-0.05, 0) is 18.4 Å². The molecule has 0 fully saturated rings. The standard InChI is InChI=1S/C16H27NO3/c1-6-11(7-2)8-13(17)12-9-15(19-4)16(20-5)10-14(12)18-3/h9-11,13H,6-8,17H2,1-5H3. The second-order valence-corrected chi connectivity index (χ2v) is 4.97. The minimum absolute atomic E-state index is 0.0605. The average Bonchev–Trinajstić information content (AvgIpc) is 2.50. The first kappa shape index (κ1) is 16.6. The van der Waals surface area contributed by atoms with Crippen molar-refractivity contribution in [2.75, 3.05) is 21.3 Å². The molecule has 0 aromatic heterocycles. The summed E-state index contributed by atoms with van der Waals surface area (Å²) in [6.07, 6.45) is 3.22. The maximum atomic E-state index is 6.36. The molecule has 0 saturated carbocycles. The van der Waals surface area contributed by atoms with E-state index in [0.29, 0.717) is 17.4 Å². The van der Waals surface area contributed by atoms with Crippen LogP contribution in [0.25, 0.3) is 0 Å². The number of hydrogen-bond acceptors (Lipinski definition) is 4. The van der Waals surface area contributed by atoms with Crippen LogP contribution in [0.5, 0.6) is 17.2 Å². The summed E-state index contributed by atoms with van der Waals surface area (Å²) < 4.78 is 16.1. The van der Waals surface area contributed by atoms with Crippen molar-refractivity contribution in [3.63, 3.8) is 0 Å². The SMILES string of the molecule is CCC(CC)CC(N)c1cc(OC)c(OC)cc1OC. The number of rotatable bonds is 8. The Labute approximate surface area is 122 Å². The highest BCUT2D eigenvalue weighted by Gasteiger charge is 2.19. The van der Waals surface area contributed by atoms with E-state index >= 15 is 0 Å². The van der Waals surface area contributed by atoms with Gasteiger partial charge in [-0.25, -0.2) is 0 Å². The largest absolute Gasteiger partial charge is 0.496 e. The van der Waals surface area contributed by atoms with Gasteiger partial charge in [0.25, 0.3) is 0 Å². The molecule has 4 heteroatoms. The van der Waals surface area contributed by atoms with Crippen LogP contribution in [-0.4, -0.2) is 21.3 Å². The fourth-order valence-electron chi connectivity index (χ4n) is 2.45. The van der Waals surface area contributed by atoms with Gasteiger partial charge in [0.05, 0.1) is 21.3 Å². The Kier molecular flexibility index (Phi) is 6.65. The molecule has 0 radical (unpaired) electrons. The molecule has 1 aromatic rings. The van der Waals surface area contributed by atoms with Gasteiger partial charge in [-0.2, -0.15) is 0 Å². The van der Waals surface area contributed by atoms with E-state index in [1.807, 2.05) is 12.1 Å². The number of benzene rings is 1. The predicted molar refractivity (Wildman–Crippen MR) is 81.7 cm³/mol. The molecule has 1 unspecified atom stereocenters. The first-order valence-corrected chi connectivity index (χ1v) is 7.16. The Hall–Kier alpha value is -1.42. The molecule has 1 atom stereocenters. The maximum absolute atomic E-state index is 6.36. The molecule has 2 N–H and O–H groups in total. The van der Waals surface area contributed by atoms with Crippen molar-refractivity contribution in [3.05, 3.63) is 17.7 Å². The lowest BCUT2D eigenvalue weighted by Gasteiger charge is -2.22. The fourth-order valence-corrected chi connectivity index (χ4v) is 2.45. The quantitative estimate of drug-likeness (QED) is 0.792. The van der Waals surface area contributed by atoms with Gasteiger partial charge in [-0.1, -0.05) is 26.7 Å². The lowest BCUT2D eigenvalue weighted by Crippen LogP contribution is -2.16. The van der Waals surface area contributed by atoms with Crippen LogP contribution < -0.4 is 19.9 Å². The minimum atomic E-state index is -0.0605. The second kappa shape index (κ2) is 8.00. The molecule has 0 bridgehead atoms. The van der Waals surface area contributed by atoms with Crippen LogP contribution in [0.2, 0.25) is 0 Å². The van der Waals surface area contributed by atoms with Crippen molar-refractivity contribution in [1.82, 2.24) is 0 Å². The van der Waals surface area contributed by atoms with Gasteiger partial charge in [0.2, 0.25) is 0 Å². The summed E-state index contributed by atoms with van der Waals surface area (Å²) in [5, 5.41) is 0. The Morgan fingerprint density at radius 3 is 1.85 bits per heavy atom. The Bertz CT molecular complexity index is 416. The summed E-state index contributed by atoms with van der Waals surface area (Å²) in [7, 11) is 4.89. The highest BCUT2D eigenvalue weighted by Crippen LogP contribution is 2.38. The third-order valence-electron chi connectivity index (χ3n) is 3.88. The fraction of sp³-hybridized carbons (Fsp3) is 0.625. The van der Waals surface area contributed by atoms with Crippen LogP contribution >= 0.6 is 0 Å². The predicted octanol–water partition coefficient (Wildman–Crippen LogP) is 3.54. The monoisotopic (exact) mass is 281 g/mol. The highest BCUT2D eigenvalue weighted by atomic mass is 16.5. The third kappa shape index (κ3) is 3.79. The molecular weight excluding hydrogens is 254 g/mol. The summed E-state index contributed by atoms with van der Waals surface area (Å²) in [6, 6.07) is 3.70.